The van der Waals surface area contributed by atoms with Crippen molar-refractivity contribution in [2.45, 2.75) is 18.3 Å². The summed E-state index contributed by atoms with van der Waals surface area (Å²) in [5.74, 6) is 0. The van der Waals surface area contributed by atoms with Crippen molar-refractivity contribution in [1.82, 2.24) is 0 Å². The molecular formula is C10H13Cl2N. The summed E-state index contributed by atoms with van der Waals surface area (Å²) in [6.45, 7) is 0.743. The highest BCUT2D eigenvalue weighted by atomic mass is 35.5. The average Bonchev–Trinajstić information content (AvgIpc) is 2.84. The highest BCUT2D eigenvalue weighted by Gasteiger charge is 2.42. The first-order chi connectivity index (χ1) is 5.77. The van der Waals surface area contributed by atoms with E-state index < -0.39 is 0 Å². The lowest BCUT2D eigenvalue weighted by Gasteiger charge is -2.12. The lowest BCUT2D eigenvalue weighted by Crippen LogP contribution is -2.19. The molecule has 72 valence electrons. The van der Waals surface area contributed by atoms with E-state index in [2.05, 4.69) is 6.07 Å². The number of hydrogen-bond donors (Lipinski definition) is 1. The van der Waals surface area contributed by atoms with E-state index in [1.54, 1.807) is 0 Å². The molecule has 1 saturated carbocycles. The normalized spacial score (nSPS) is 17.7. The van der Waals surface area contributed by atoms with Gasteiger partial charge in [-0.15, -0.1) is 12.4 Å². The maximum Gasteiger partial charge on any atom is 0.0408 e. The molecule has 0 unspecified atom stereocenters. The first kappa shape index (κ1) is 10.8. The predicted molar refractivity (Wildman–Crippen MR) is 58.7 cm³/mol. The highest BCUT2D eigenvalue weighted by Crippen LogP contribution is 2.47. The Morgan fingerprint density at radius 2 is 2.08 bits per heavy atom. The van der Waals surface area contributed by atoms with Crippen LogP contribution < -0.4 is 5.73 Å². The molecule has 1 nitrogen and oxygen atoms in total. The summed E-state index contributed by atoms with van der Waals surface area (Å²) >= 11 is 5.89. The summed E-state index contributed by atoms with van der Waals surface area (Å²) < 4.78 is 0. The van der Waals surface area contributed by atoms with Crippen molar-refractivity contribution in [2.75, 3.05) is 6.54 Å². The molecule has 1 aromatic rings. The van der Waals surface area contributed by atoms with Crippen LogP contribution in [0.3, 0.4) is 0 Å². The van der Waals surface area contributed by atoms with Crippen molar-refractivity contribution in [3.8, 4) is 0 Å². The Kier molecular flexibility index (Phi) is 3.23. The number of rotatable bonds is 2. The summed E-state index contributed by atoms with van der Waals surface area (Å²) in [6, 6.07) is 8.04. The van der Waals surface area contributed by atoms with Gasteiger partial charge in [0, 0.05) is 17.0 Å². The Morgan fingerprint density at radius 3 is 2.54 bits per heavy atom. The van der Waals surface area contributed by atoms with Gasteiger partial charge in [-0.2, -0.15) is 0 Å². The van der Waals surface area contributed by atoms with E-state index in [0.717, 1.165) is 11.6 Å². The fraction of sp³-hybridized carbons (Fsp3) is 0.400. The SMILES string of the molecule is Cl.NCC1(c2cccc(Cl)c2)CC1. The van der Waals surface area contributed by atoms with Crippen LogP contribution in [-0.2, 0) is 5.41 Å². The third-order valence-corrected chi connectivity index (χ3v) is 2.92. The number of nitrogens with two attached hydrogens (primary N) is 1. The lowest BCUT2D eigenvalue weighted by molar-refractivity contribution is 0.705. The van der Waals surface area contributed by atoms with Crippen molar-refractivity contribution in [3.63, 3.8) is 0 Å². The van der Waals surface area contributed by atoms with Gasteiger partial charge in [0.2, 0.25) is 0 Å². The van der Waals surface area contributed by atoms with E-state index in [1.165, 1.54) is 18.4 Å². The Balaban J connectivity index is 0.000000845. The molecule has 3 heteroatoms. The zero-order valence-electron chi connectivity index (χ0n) is 7.29. The maximum atomic E-state index is 5.89. The topological polar surface area (TPSA) is 26.0 Å². The van der Waals surface area contributed by atoms with Gasteiger partial charge in [0.05, 0.1) is 0 Å². The fourth-order valence-corrected chi connectivity index (χ4v) is 1.77. The van der Waals surface area contributed by atoms with Gasteiger partial charge in [0.15, 0.2) is 0 Å². The third kappa shape index (κ3) is 1.98. The van der Waals surface area contributed by atoms with Crippen LogP contribution in [0.15, 0.2) is 24.3 Å². The molecule has 0 heterocycles. The molecular weight excluding hydrogens is 205 g/mol. The van der Waals surface area contributed by atoms with Gasteiger partial charge in [-0.1, -0.05) is 23.7 Å². The van der Waals surface area contributed by atoms with E-state index in [4.69, 9.17) is 17.3 Å². The summed E-state index contributed by atoms with van der Waals surface area (Å²) in [7, 11) is 0. The molecule has 2 rings (SSSR count). The van der Waals surface area contributed by atoms with Gasteiger partial charge >= 0.3 is 0 Å². The van der Waals surface area contributed by atoms with E-state index in [9.17, 15) is 0 Å². The predicted octanol–water partition coefficient (Wildman–Crippen LogP) is 2.75. The Labute approximate surface area is 89.7 Å². The van der Waals surface area contributed by atoms with Crippen molar-refractivity contribution in [2.24, 2.45) is 5.73 Å². The summed E-state index contributed by atoms with van der Waals surface area (Å²) in [5.41, 5.74) is 7.28. The van der Waals surface area contributed by atoms with Crippen LogP contribution in [-0.4, -0.2) is 6.54 Å². The molecule has 2 N–H and O–H groups in total. The van der Waals surface area contributed by atoms with Crippen molar-refractivity contribution in [1.29, 1.82) is 0 Å². The molecule has 0 saturated heterocycles. The van der Waals surface area contributed by atoms with Gasteiger partial charge < -0.3 is 5.73 Å². The quantitative estimate of drug-likeness (QED) is 0.811. The van der Waals surface area contributed by atoms with Crippen molar-refractivity contribution < 1.29 is 0 Å². The minimum Gasteiger partial charge on any atom is -0.330 e. The fourth-order valence-electron chi connectivity index (χ4n) is 1.58. The van der Waals surface area contributed by atoms with Crippen LogP contribution in [0, 0.1) is 0 Å². The highest BCUT2D eigenvalue weighted by molar-refractivity contribution is 6.30. The molecule has 0 atom stereocenters. The van der Waals surface area contributed by atoms with Crippen molar-refractivity contribution in [3.05, 3.63) is 34.9 Å². The largest absolute Gasteiger partial charge is 0.330 e. The van der Waals surface area contributed by atoms with E-state index >= 15 is 0 Å². The van der Waals surface area contributed by atoms with E-state index in [-0.39, 0.29) is 17.8 Å². The summed E-state index contributed by atoms with van der Waals surface area (Å²) in [4.78, 5) is 0. The van der Waals surface area contributed by atoms with E-state index in [1.807, 2.05) is 18.2 Å². The monoisotopic (exact) mass is 217 g/mol. The van der Waals surface area contributed by atoms with Crippen LogP contribution in [0.5, 0.6) is 0 Å². The molecule has 13 heavy (non-hydrogen) atoms. The molecule has 0 amide bonds. The first-order valence-electron chi connectivity index (χ1n) is 4.23. The second-order valence-corrected chi connectivity index (χ2v) is 3.93. The minimum absolute atomic E-state index is 0. The molecule has 0 spiro atoms. The Hall–Kier alpha value is -0.240. The third-order valence-electron chi connectivity index (χ3n) is 2.68. The zero-order chi connectivity index (χ0) is 8.60. The Bertz CT molecular complexity index is 295. The van der Waals surface area contributed by atoms with Gasteiger partial charge in [0.1, 0.15) is 0 Å². The van der Waals surface area contributed by atoms with Crippen LogP contribution in [0.25, 0.3) is 0 Å². The molecule has 0 aromatic heterocycles. The van der Waals surface area contributed by atoms with Crippen LogP contribution >= 0.6 is 24.0 Å². The zero-order valence-corrected chi connectivity index (χ0v) is 8.87. The number of benzene rings is 1. The minimum atomic E-state index is 0. The summed E-state index contributed by atoms with van der Waals surface area (Å²) in [5, 5.41) is 0.812. The second kappa shape index (κ2) is 3.87. The molecule has 1 aromatic carbocycles. The molecule has 0 bridgehead atoms. The van der Waals surface area contributed by atoms with Crippen LogP contribution in [0.1, 0.15) is 18.4 Å². The van der Waals surface area contributed by atoms with Gasteiger partial charge in [0.25, 0.3) is 0 Å². The van der Waals surface area contributed by atoms with Gasteiger partial charge in [-0.25, -0.2) is 0 Å². The van der Waals surface area contributed by atoms with Gasteiger partial charge in [-0.3, -0.25) is 0 Å². The van der Waals surface area contributed by atoms with Crippen molar-refractivity contribution >= 4 is 24.0 Å². The van der Waals surface area contributed by atoms with Crippen LogP contribution in [0.2, 0.25) is 5.02 Å². The number of hydrogen-bond acceptors (Lipinski definition) is 1. The van der Waals surface area contributed by atoms with Crippen LogP contribution in [0.4, 0.5) is 0 Å². The second-order valence-electron chi connectivity index (χ2n) is 3.49. The molecule has 0 aliphatic heterocycles. The lowest BCUT2D eigenvalue weighted by atomic mass is 9.96. The Morgan fingerprint density at radius 1 is 1.38 bits per heavy atom. The molecule has 1 aliphatic rings. The van der Waals surface area contributed by atoms with E-state index in [0.29, 0.717) is 0 Å². The average molecular weight is 218 g/mol. The molecule has 0 radical (unpaired) electrons. The molecule has 1 aliphatic carbocycles. The standard InChI is InChI=1S/C10H12ClN.ClH/c11-9-3-1-2-8(6-9)10(7-12)4-5-10;/h1-3,6H,4-5,7,12H2;1H. The maximum absolute atomic E-state index is 5.89. The molecule has 1 fully saturated rings. The first-order valence-corrected chi connectivity index (χ1v) is 4.61. The van der Waals surface area contributed by atoms with Gasteiger partial charge in [-0.05, 0) is 30.5 Å². The summed E-state index contributed by atoms with van der Waals surface area (Å²) in [6.07, 6.45) is 2.42. The number of halogens is 2. The smallest absolute Gasteiger partial charge is 0.0408 e.